The summed E-state index contributed by atoms with van der Waals surface area (Å²) in [6.07, 6.45) is 3.17. The van der Waals surface area contributed by atoms with Crippen molar-refractivity contribution in [2.75, 3.05) is 5.88 Å². The topological polar surface area (TPSA) is 17.8 Å². The van der Waals surface area contributed by atoms with E-state index < -0.39 is 0 Å². The summed E-state index contributed by atoms with van der Waals surface area (Å²) < 4.78 is 16.4. The molecule has 0 N–H and O–H groups in total. The summed E-state index contributed by atoms with van der Waals surface area (Å²) in [5.41, 5.74) is 2.05. The molecule has 0 spiro atoms. The number of imidazole rings is 1. The summed E-state index contributed by atoms with van der Waals surface area (Å²) in [5, 5.41) is 0. The van der Waals surface area contributed by atoms with Gasteiger partial charge in [0.05, 0.1) is 15.5 Å². The van der Waals surface area contributed by atoms with Gasteiger partial charge in [-0.15, -0.1) is 11.6 Å². The number of nitrogens with zero attached hydrogens (tertiary/aromatic N) is 2. The number of hydrogen-bond donors (Lipinski definition) is 0. The Hall–Kier alpha value is -0.610. The maximum atomic E-state index is 13.8. The van der Waals surface area contributed by atoms with Crippen LogP contribution >= 0.6 is 27.5 Å². The lowest BCUT2D eigenvalue weighted by Gasteiger charge is -2.13. The number of benzene rings is 1. The molecule has 0 bridgehead atoms. The molecule has 0 saturated heterocycles. The second-order valence-electron chi connectivity index (χ2n) is 5.62. The fourth-order valence-electron chi connectivity index (χ4n) is 2.38. The standard InChI is InChI=1S/C14H15BrClFN2/c1-14(3-4-14)8-19-12-7-10(17)9(15)6-11(12)18-13(19)2-5-16/h6-7H,2-5,8H2,1H3. The molecule has 0 atom stereocenters. The summed E-state index contributed by atoms with van der Waals surface area (Å²) in [6, 6.07) is 3.31. The van der Waals surface area contributed by atoms with Crippen molar-refractivity contribution in [1.82, 2.24) is 9.55 Å². The second-order valence-corrected chi connectivity index (χ2v) is 6.85. The average Bonchev–Trinajstić information content (AvgIpc) is 3.00. The van der Waals surface area contributed by atoms with E-state index in [4.69, 9.17) is 11.6 Å². The van der Waals surface area contributed by atoms with Crippen molar-refractivity contribution in [2.45, 2.75) is 32.7 Å². The number of hydrogen-bond acceptors (Lipinski definition) is 1. The monoisotopic (exact) mass is 344 g/mol. The summed E-state index contributed by atoms with van der Waals surface area (Å²) in [4.78, 5) is 4.60. The summed E-state index contributed by atoms with van der Waals surface area (Å²) in [7, 11) is 0. The Morgan fingerprint density at radius 3 is 2.84 bits per heavy atom. The van der Waals surface area contributed by atoms with E-state index in [9.17, 15) is 4.39 Å². The Morgan fingerprint density at radius 1 is 1.47 bits per heavy atom. The van der Waals surface area contributed by atoms with Gasteiger partial charge in [0, 0.05) is 24.9 Å². The van der Waals surface area contributed by atoms with Crippen molar-refractivity contribution in [3.63, 3.8) is 0 Å². The van der Waals surface area contributed by atoms with Crippen molar-refractivity contribution in [1.29, 1.82) is 0 Å². The molecule has 1 heterocycles. The highest BCUT2D eigenvalue weighted by molar-refractivity contribution is 9.10. The maximum absolute atomic E-state index is 13.8. The van der Waals surface area contributed by atoms with Gasteiger partial charge in [-0.25, -0.2) is 9.37 Å². The molecule has 1 aromatic carbocycles. The Morgan fingerprint density at radius 2 is 2.21 bits per heavy atom. The fraction of sp³-hybridized carbons (Fsp3) is 0.500. The molecule has 1 aliphatic carbocycles. The predicted molar refractivity (Wildman–Crippen MR) is 79.2 cm³/mol. The fourth-order valence-corrected chi connectivity index (χ4v) is 2.88. The van der Waals surface area contributed by atoms with Crippen LogP contribution < -0.4 is 0 Å². The highest BCUT2D eigenvalue weighted by Crippen LogP contribution is 2.47. The van der Waals surface area contributed by atoms with E-state index >= 15 is 0 Å². The lowest BCUT2D eigenvalue weighted by Crippen LogP contribution is -2.11. The molecule has 0 radical (unpaired) electrons. The van der Waals surface area contributed by atoms with Gasteiger partial charge in [-0.3, -0.25) is 0 Å². The molecule has 1 aliphatic rings. The van der Waals surface area contributed by atoms with Gasteiger partial charge in [0.2, 0.25) is 0 Å². The molecule has 3 rings (SSSR count). The maximum Gasteiger partial charge on any atom is 0.139 e. The zero-order chi connectivity index (χ0) is 13.6. The van der Waals surface area contributed by atoms with Crippen LogP contribution in [0.25, 0.3) is 11.0 Å². The number of fused-ring (bicyclic) bond motifs is 1. The van der Waals surface area contributed by atoms with Crippen molar-refractivity contribution < 1.29 is 4.39 Å². The zero-order valence-electron chi connectivity index (χ0n) is 10.7. The lowest BCUT2D eigenvalue weighted by molar-refractivity contribution is 0.462. The van der Waals surface area contributed by atoms with Gasteiger partial charge in [0.25, 0.3) is 0 Å². The lowest BCUT2D eigenvalue weighted by atomic mass is 10.1. The van der Waals surface area contributed by atoms with Crippen LogP contribution in [0.4, 0.5) is 4.39 Å². The van der Waals surface area contributed by atoms with E-state index in [1.54, 1.807) is 12.1 Å². The van der Waals surface area contributed by atoms with Gasteiger partial charge < -0.3 is 4.57 Å². The molecule has 2 aromatic rings. The quantitative estimate of drug-likeness (QED) is 0.745. The third kappa shape index (κ3) is 2.52. The van der Waals surface area contributed by atoms with Crippen LogP contribution in [0.2, 0.25) is 0 Å². The van der Waals surface area contributed by atoms with Gasteiger partial charge >= 0.3 is 0 Å². The number of rotatable bonds is 4. The first-order valence-corrected chi connectivity index (χ1v) is 7.75. The van der Waals surface area contributed by atoms with Crippen LogP contribution in [0.3, 0.4) is 0 Å². The number of aromatic nitrogens is 2. The van der Waals surface area contributed by atoms with Crippen molar-refractivity contribution in [3.05, 3.63) is 28.2 Å². The largest absolute Gasteiger partial charge is 0.327 e. The van der Waals surface area contributed by atoms with Gasteiger partial charge in [0.15, 0.2) is 0 Å². The minimum absolute atomic E-state index is 0.243. The third-order valence-electron chi connectivity index (χ3n) is 3.83. The number of aryl methyl sites for hydroxylation is 1. The van der Waals surface area contributed by atoms with Crippen molar-refractivity contribution in [3.8, 4) is 0 Å². The molecule has 2 nitrogen and oxygen atoms in total. The second kappa shape index (κ2) is 4.74. The number of alkyl halides is 1. The minimum Gasteiger partial charge on any atom is -0.327 e. The Balaban J connectivity index is 2.13. The summed E-state index contributed by atoms with van der Waals surface area (Å²) in [5.74, 6) is 1.24. The Labute approximate surface area is 125 Å². The van der Waals surface area contributed by atoms with Gasteiger partial charge in [-0.05, 0) is 40.3 Å². The first kappa shape index (κ1) is 13.4. The molecule has 0 unspecified atom stereocenters. The van der Waals surface area contributed by atoms with E-state index in [1.165, 1.54) is 12.8 Å². The zero-order valence-corrected chi connectivity index (χ0v) is 13.1. The van der Waals surface area contributed by atoms with Crippen molar-refractivity contribution >= 4 is 38.6 Å². The van der Waals surface area contributed by atoms with E-state index in [2.05, 4.69) is 32.4 Å². The average molecular weight is 346 g/mol. The van der Waals surface area contributed by atoms with E-state index in [-0.39, 0.29) is 5.82 Å². The summed E-state index contributed by atoms with van der Waals surface area (Å²) in [6.45, 7) is 3.16. The molecular weight excluding hydrogens is 331 g/mol. The molecule has 19 heavy (non-hydrogen) atoms. The summed E-state index contributed by atoms with van der Waals surface area (Å²) >= 11 is 9.06. The minimum atomic E-state index is -0.243. The first-order chi connectivity index (χ1) is 9.02. The predicted octanol–water partition coefficient (Wildman–Crippen LogP) is 4.52. The molecule has 5 heteroatoms. The smallest absolute Gasteiger partial charge is 0.139 e. The highest BCUT2D eigenvalue weighted by Gasteiger charge is 2.38. The van der Waals surface area contributed by atoms with Crippen LogP contribution in [0.5, 0.6) is 0 Å². The Kier molecular flexibility index (Phi) is 3.34. The van der Waals surface area contributed by atoms with E-state index in [1.807, 2.05) is 0 Å². The highest BCUT2D eigenvalue weighted by atomic mass is 79.9. The molecule has 1 aromatic heterocycles. The third-order valence-corrected chi connectivity index (χ3v) is 4.63. The molecule has 1 fully saturated rings. The molecular formula is C14H15BrClFN2. The van der Waals surface area contributed by atoms with Gasteiger partial charge in [-0.1, -0.05) is 6.92 Å². The Bertz CT molecular complexity index is 634. The van der Waals surface area contributed by atoms with Crippen LogP contribution in [0, 0.1) is 11.2 Å². The molecule has 102 valence electrons. The van der Waals surface area contributed by atoms with E-state index in [0.717, 1.165) is 23.4 Å². The van der Waals surface area contributed by atoms with E-state index in [0.29, 0.717) is 22.2 Å². The van der Waals surface area contributed by atoms with Crippen LogP contribution in [0.1, 0.15) is 25.6 Å². The molecule has 0 aliphatic heterocycles. The van der Waals surface area contributed by atoms with Crippen LogP contribution in [-0.2, 0) is 13.0 Å². The van der Waals surface area contributed by atoms with Crippen molar-refractivity contribution in [2.24, 2.45) is 5.41 Å². The van der Waals surface area contributed by atoms with Gasteiger partial charge in [-0.2, -0.15) is 0 Å². The normalized spacial score (nSPS) is 17.1. The molecule has 0 amide bonds. The van der Waals surface area contributed by atoms with Crippen LogP contribution in [-0.4, -0.2) is 15.4 Å². The van der Waals surface area contributed by atoms with Gasteiger partial charge in [0.1, 0.15) is 11.6 Å². The molecule has 1 saturated carbocycles. The number of halogens is 3. The SMILES string of the molecule is CC1(Cn2c(CCCl)nc3cc(Br)c(F)cc32)CC1. The first-order valence-electron chi connectivity index (χ1n) is 6.42. The van der Waals surface area contributed by atoms with Crippen LogP contribution in [0.15, 0.2) is 16.6 Å².